The molecule has 4 rings (SSSR count). The predicted molar refractivity (Wildman–Crippen MR) is 133 cm³/mol. The average Bonchev–Trinajstić information content (AvgIpc) is 2.83. The molecular weight excluding hydrogens is 419 g/mol. The molecule has 1 nitrogen and oxygen atoms in total. The van der Waals surface area contributed by atoms with Crippen LogP contribution in [0.2, 0.25) is 5.02 Å². The van der Waals surface area contributed by atoms with Gasteiger partial charge in [-0.3, -0.25) is 0 Å². The van der Waals surface area contributed by atoms with Crippen molar-refractivity contribution in [2.24, 2.45) is 29.6 Å². The molecule has 0 aromatic heterocycles. The molecule has 0 heterocycles. The van der Waals surface area contributed by atoms with Crippen LogP contribution in [0, 0.1) is 35.4 Å². The van der Waals surface area contributed by atoms with Crippen molar-refractivity contribution in [2.45, 2.75) is 96.3 Å². The summed E-state index contributed by atoms with van der Waals surface area (Å²) < 4.78 is 20.3. The van der Waals surface area contributed by atoms with Gasteiger partial charge in [0, 0.05) is 0 Å². The molecule has 178 valence electrons. The van der Waals surface area contributed by atoms with Gasteiger partial charge >= 0.3 is 0 Å². The third-order valence-electron chi connectivity index (χ3n) is 9.13. The molecule has 0 spiro atoms. The molecule has 0 unspecified atom stereocenters. The first-order valence-electron chi connectivity index (χ1n) is 13.3. The van der Waals surface area contributed by atoms with Gasteiger partial charge in [0.15, 0.2) is 0 Å². The summed E-state index contributed by atoms with van der Waals surface area (Å²) in [5.41, 5.74) is 0.799. The van der Waals surface area contributed by atoms with E-state index in [0.29, 0.717) is 18.3 Å². The first kappa shape index (κ1) is 24.1. The summed E-state index contributed by atoms with van der Waals surface area (Å²) in [4.78, 5) is 0. The average molecular weight is 461 g/mol. The van der Waals surface area contributed by atoms with Crippen LogP contribution in [-0.2, 0) is 0 Å². The van der Waals surface area contributed by atoms with Gasteiger partial charge < -0.3 is 4.74 Å². The highest BCUT2D eigenvalue weighted by atomic mass is 35.5. The molecule has 3 heteroatoms. The molecule has 0 saturated heterocycles. The molecule has 32 heavy (non-hydrogen) atoms. The molecular formula is C29H42ClFO. The molecule has 0 aliphatic heterocycles. The van der Waals surface area contributed by atoms with Crippen LogP contribution in [0.4, 0.5) is 4.39 Å². The highest BCUT2D eigenvalue weighted by Gasteiger charge is 2.35. The summed E-state index contributed by atoms with van der Waals surface area (Å²) in [5.74, 6) is 5.13. The van der Waals surface area contributed by atoms with Crippen LogP contribution in [0.3, 0.4) is 0 Å². The van der Waals surface area contributed by atoms with Crippen molar-refractivity contribution in [1.82, 2.24) is 0 Å². The molecule has 0 N–H and O–H groups in total. The molecule has 3 fully saturated rings. The van der Waals surface area contributed by atoms with Crippen LogP contribution in [-0.4, -0.2) is 6.61 Å². The number of rotatable bonds is 7. The van der Waals surface area contributed by atoms with E-state index in [1.807, 2.05) is 19.1 Å². The van der Waals surface area contributed by atoms with Crippen LogP contribution < -0.4 is 4.74 Å². The van der Waals surface area contributed by atoms with Crippen molar-refractivity contribution in [3.8, 4) is 5.75 Å². The minimum Gasteiger partial charge on any atom is -0.492 e. The Morgan fingerprint density at radius 1 is 0.875 bits per heavy atom. The zero-order valence-electron chi connectivity index (χ0n) is 20.0. The monoisotopic (exact) mass is 460 g/mol. The summed E-state index contributed by atoms with van der Waals surface area (Å²) in [6.45, 7) is 6.32. The normalized spacial score (nSPS) is 33.6. The Hall–Kier alpha value is -1.02. The predicted octanol–water partition coefficient (Wildman–Crippen LogP) is 9.34. The van der Waals surface area contributed by atoms with E-state index in [1.165, 1.54) is 70.6 Å². The zero-order chi connectivity index (χ0) is 22.5. The number of allylic oxidation sites excluding steroid dienone is 1. The molecule has 3 aliphatic carbocycles. The van der Waals surface area contributed by atoms with E-state index in [1.54, 1.807) is 0 Å². The number of benzene rings is 1. The van der Waals surface area contributed by atoms with Crippen LogP contribution in [0.25, 0.3) is 0 Å². The summed E-state index contributed by atoms with van der Waals surface area (Å²) >= 11 is 6.24. The second-order valence-electron chi connectivity index (χ2n) is 10.8. The first-order valence-corrected chi connectivity index (χ1v) is 13.7. The summed E-state index contributed by atoms with van der Waals surface area (Å²) in [5, 5.41) is 0.156. The van der Waals surface area contributed by atoms with Gasteiger partial charge in [-0.15, -0.1) is 6.58 Å². The van der Waals surface area contributed by atoms with E-state index in [9.17, 15) is 4.39 Å². The second kappa shape index (κ2) is 11.4. The quantitative estimate of drug-likeness (QED) is 0.368. The van der Waals surface area contributed by atoms with Gasteiger partial charge in [0.1, 0.15) is 16.6 Å². The maximum Gasteiger partial charge on any atom is 0.149 e. The van der Waals surface area contributed by atoms with E-state index in [-0.39, 0.29) is 10.8 Å². The fourth-order valence-corrected chi connectivity index (χ4v) is 7.48. The summed E-state index contributed by atoms with van der Waals surface area (Å²) in [6.07, 6.45) is 19.5. The van der Waals surface area contributed by atoms with Gasteiger partial charge in [-0.1, -0.05) is 23.7 Å². The van der Waals surface area contributed by atoms with Gasteiger partial charge in [-0.05, 0) is 138 Å². The van der Waals surface area contributed by atoms with Crippen molar-refractivity contribution in [2.75, 3.05) is 6.61 Å². The third kappa shape index (κ3) is 5.54. The minimum atomic E-state index is -0.260. The highest BCUT2D eigenvalue weighted by molar-refractivity contribution is 6.32. The standard InChI is InChI=1S/C29H42ClFO/c1-3-5-20-6-8-21(9-7-20)22-10-12-23(13-11-22)24-14-16-25(17-15-24)26-18-19-27(32-4-2)28(30)29(26)31/h3,18-25H,1,4-17H2,2H3. The van der Waals surface area contributed by atoms with Crippen LogP contribution in [0.1, 0.15) is 102 Å². The topological polar surface area (TPSA) is 9.23 Å². The fraction of sp³-hybridized carbons (Fsp3) is 0.724. The van der Waals surface area contributed by atoms with E-state index in [0.717, 1.165) is 48.0 Å². The van der Waals surface area contributed by atoms with E-state index in [2.05, 4.69) is 12.7 Å². The van der Waals surface area contributed by atoms with Gasteiger partial charge in [0.2, 0.25) is 0 Å². The fourth-order valence-electron chi connectivity index (χ4n) is 7.25. The van der Waals surface area contributed by atoms with E-state index in [4.69, 9.17) is 16.3 Å². The zero-order valence-corrected chi connectivity index (χ0v) is 20.7. The van der Waals surface area contributed by atoms with Crippen molar-refractivity contribution in [1.29, 1.82) is 0 Å². The summed E-state index contributed by atoms with van der Waals surface area (Å²) in [6, 6.07) is 3.76. The lowest BCUT2D eigenvalue weighted by molar-refractivity contribution is 0.110. The van der Waals surface area contributed by atoms with Crippen molar-refractivity contribution in [3.05, 3.63) is 41.2 Å². The molecule has 0 bridgehead atoms. The number of hydrogen-bond acceptors (Lipinski definition) is 1. The SMILES string of the molecule is C=CCC1CCC(C2CCC(C3CCC(c4ccc(OCC)c(Cl)c4F)CC3)CC2)CC1. The molecule has 3 saturated carbocycles. The Morgan fingerprint density at radius 2 is 1.38 bits per heavy atom. The maximum absolute atomic E-state index is 14.9. The Balaban J connectivity index is 1.24. The lowest BCUT2D eigenvalue weighted by atomic mass is 9.64. The van der Waals surface area contributed by atoms with Crippen molar-refractivity contribution >= 4 is 11.6 Å². The Bertz CT molecular complexity index is 738. The van der Waals surface area contributed by atoms with Crippen LogP contribution in [0.15, 0.2) is 24.8 Å². The maximum atomic E-state index is 14.9. The first-order chi connectivity index (χ1) is 15.6. The van der Waals surface area contributed by atoms with Gasteiger partial charge in [0.05, 0.1) is 6.61 Å². The van der Waals surface area contributed by atoms with Gasteiger partial charge in [-0.2, -0.15) is 0 Å². The Kier molecular flexibility index (Phi) is 8.60. The largest absolute Gasteiger partial charge is 0.492 e. The number of ether oxygens (including phenoxy) is 1. The van der Waals surface area contributed by atoms with Gasteiger partial charge in [-0.25, -0.2) is 4.39 Å². The molecule has 0 radical (unpaired) electrons. The Morgan fingerprint density at radius 3 is 1.88 bits per heavy atom. The van der Waals surface area contributed by atoms with E-state index >= 15 is 0 Å². The second-order valence-corrected chi connectivity index (χ2v) is 11.2. The van der Waals surface area contributed by atoms with Crippen LogP contribution >= 0.6 is 11.6 Å². The lowest BCUT2D eigenvalue weighted by Crippen LogP contribution is -2.29. The minimum absolute atomic E-state index is 0.156. The Labute approximate surface area is 200 Å². The van der Waals surface area contributed by atoms with Gasteiger partial charge in [0.25, 0.3) is 0 Å². The molecule has 0 atom stereocenters. The third-order valence-corrected chi connectivity index (χ3v) is 9.48. The van der Waals surface area contributed by atoms with Crippen LogP contribution in [0.5, 0.6) is 5.75 Å². The lowest BCUT2D eigenvalue weighted by Gasteiger charge is -2.41. The molecule has 0 amide bonds. The molecule has 1 aromatic carbocycles. The molecule has 3 aliphatic rings. The molecule has 1 aromatic rings. The van der Waals surface area contributed by atoms with E-state index < -0.39 is 0 Å². The highest BCUT2D eigenvalue weighted by Crippen LogP contribution is 2.48. The number of hydrogen-bond donors (Lipinski definition) is 0. The van der Waals surface area contributed by atoms with Crippen molar-refractivity contribution in [3.63, 3.8) is 0 Å². The number of halogens is 2. The summed E-state index contributed by atoms with van der Waals surface area (Å²) in [7, 11) is 0. The smallest absolute Gasteiger partial charge is 0.149 e. The van der Waals surface area contributed by atoms with Crippen molar-refractivity contribution < 1.29 is 9.13 Å².